The number of halogens is 1. The highest BCUT2D eigenvalue weighted by molar-refractivity contribution is 6.33. The Kier molecular flexibility index (Phi) is 3.95. The first-order chi connectivity index (χ1) is 8.13. The average molecular weight is 253 g/mol. The van der Waals surface area contributed by atoms with Gasteiger partial charge in [0, 0.05) is 18.6 Å². The van der Waals surface area contributed by atoms with Crippen molar-refractivity contribution in [2.75, 3.05) is 11.4 Å². The van der Waals surface area contributed by atoms with Crippen LogP contribution >= 0.6 is 11.6 Å². The number of benzene rings is 1. The molecule has 1 saturated heterocycles. The standard InChI is InChI=1S/C14H21ClN2/c1-3-12-5-4-8-17(12)14-7-6-11(10(2)16)9-13(14)15/h6-7,9-10,12H,3-5,8,16H2,1-2H3/t10-,12?/m1/s1. The molecule has 1 unspecified atom stereocenters. The van der Waals surface area contributed by atoms with Crippen molar-refractivity contribution >= 4 is 17.3 Å². The lowest BCUT2D eigenvalue weighted by Gasteiger charge is -2.27. The molecule has 0 aliphatic carbocycles. The van der Waals surface area contributed by atoms with Gasteiger partial charge in [-0.1, -0.05) is 24.6 Å². The summed E-state index contributed by atoms with van der Waals surface area (Å²) in [7, 11) is 0. The molecule has 2 nitrogen and oxygen atoms in total. The molecule has 0 radical (unpaired) electrons. The van der Waals surface area contributed by atoms with Crippen LogP contribution in [-0.4, -0.2) is 12.6 Å². The molecule has 1 aromatic rings. The lowest BCUT2D eigenvalue weighted by molar-refractivity contribution is 0.645. The van der Waals surface area contributed by atoms with E-state index in [2.05, 4.69) is 24.0 Å². The lowest BCUT2D eigenvalue weighted by Crippen LogP contribution is -2.28. The zero-order chi connectivity index (χ0) is 12.4. The van der Waals surface area contributed by atoms with Gasteiger partial charge in [-0.25, -0.2) is 0 Å². The highest BCUT2D eigenvalue weighted by Crippen LogP contribution is 2.34. The van der Waals surface area contributed by atoms with E-state index < -0.39 is 0 Å². The van der Waals surface area contributed by atoms with E-state index in [9.17, 15) is 0 Å². The molecule has 0 amide bonds. The second-order valence-electron chi connectivity index (χ2n) is 4.90. The maximum Gasteiger partial charge on any atom is 0.0642 e. The molecule has 0 aromatic heterocycles. The van der Waals surface area contributed by atoms with Gasteiger partial charge in [0.2, 0.25) is 0 Å². The maximum atomic E-state index is 6.38. The Morgan fingerprint density at radius 2 is 2.29 bits per heavy atom. The fourth-order valence-electron chi connectivity index (χ4n) is 2.62. The van der Waals surface area contributed by atoms with E-state index in [0.29, 0.717) is 6.04 Å². The monoisotopic (exact) mass is 252 g/mol. The third-order valence-corrected chi connectivity index (χ3v) is 3.96. The van der Waals surface area contributed by atoms with Crippen molar-refractivity contribution in [3.8, 4) is 0 Å². The van der Waals surface area contributed by atoms with Crippen LogP contribution in [0.5, 0.6) is 0 Å². The molecule has 1 aromatic carbocycles. The van der Waals surface area contributed by atoms with Crippen LogP contribution < -0.4 is 10.6 Å². The summed E-state index contributed by atoms with van der Waals surface area (Å²) in [6, 6.07) is 6.91. The van der Waals surface area contributed by atoms with E-state index in [1.165, 1.54) is 24.9 Å². The van der Waals surface area contributed by atoms with E-state index in [1.807, 2.05) is 13.0 Å². The topological polar surface area (TPSA) is 29.3 Å². The normalized spacial score (nSPS) is 21.9. The molecule has 1 aliphatic rings. The van der Waals surface area contributed by atoms with Crippen molar-refractivity contribution in [1.82, 2.24) is 0 Å². The molecule has 0 bridgehead atoms. The van der Waals surface area contributed by atoms with Crippen molar-refractivity contribution in [1.29, 1.82) is 0 Å². The Hall–Kier alpha value is -0.730. The highest BCUT2D eigenvalue weighted by atomic mass is 35.5. The Morgan fingerprint density at radius 3 is 2.88 bits per heavy atom. The lowest BCUT2D eigenvalue weighted by atomic mass is 10.1. The number of anilines is 1. The molecular weight excluding hydrogens is 232 g/mol. The molecule has 0 spiro atoms. The minimum Gasteiger partial charge on any atom is -0.367 e. The summed E-state index contributed by atoms with van der Waals surface area (Å²) in [5.74, 6) is 0. The smallest absolute Gasteiger partial charge is 0.0642 e. The van der Waals surface area contributed by atoms with Crippen LogP contribution in [0.4, 0.5) is 5.69 Å². The first kappa shape index (κ1) is 12.7. The predicted octanol–water partition coefficient (Wildman–Crippen LogP) is 3.74. The van der Waals surface area contributed by atoms with E-state index in [0.717, 1.165) is 17.1 Å². The van der Waals surface area contributed by atoms with Gasteiger partial charge >= 0.3 is 0 Å². The van der Waals surface area contributed by atoms with E-state index in [4.69, 9.17) is 17.3 Å². The Balaban J connectivity index is 2.27. The van der Waals surface area contributed by atoms with Crippen LogP contribution in [0.3, 0.4) is 0 Å². The van der Waals surface area contributed by atoms with Crippen molar-refractivity contribution in [2.24, 2.45) is 5.73 Å². The van der Waals surface area contributed by atoms with Crippen molar-refractivity contribution in [2.45, 2.75) is 45.2 Å². The van der Waals surface area contributed by atoms with Crippen molar-refractivity contribution in [3.63, 3.8) is 0 Å². The Labute approximate surface area is 109 Å². The summed E-state index contributed by atoms with van der Waals surface area (Å²) in [5, 5.41) is 0.833. The maximum absolute atomic E-state index is 6.38. The van der Waals surface area contributed by atoms with Crippen molar-refractivity contribution < 1.29 is 0 Å². The summed E-state index contributed by atoms with van der Waals surface area (Å²) >= 11 is 6.38. The number of nitrogens with zero attached hydrogens (tertiary/aromatic N) is 1. The summed E-state index contributed by atoms with van der Waals surface area (Å²) in [6.07, 6.45) is 3.73. The van der Waals surface area contributed by atoms with Gasteiger partial charge in [-0.3, -0.25) is 0 Å². The van der Waals surface area contributed by atoms with E-state index in [-0.39, 0.29) is 6.04 Å². The molecule has 1 fully saturated rings. The molecule has 2 atom stereocenters. The molecule has 94 valence electrons. The van der Waals surface area contributed by atoms with Crippen LogP contribution in [0.2, 0.25) is 5.02 Å². The number of hydrogen-bond donors (Lipinski definition) is 1. The molecular formula is C14H21ClN2. The first-order valence-electron chi connectivity index (χ1n) is 6.45. The van der Waals surface area contributed by atoms with Gasteiger partial charge in [0.1, 0.15) is 0 Å². The molecule has 1 aliphatic heterocycles. The van der Waals surface area contributed by atoms with Gasteiger partial charge in [0.15, 0.2) is 0 Å². The van der Waals surface area contributed by atoms with Gasteiger partial charge in [0.25, 0.3) is 0 Å². The van der Waals surface area contributed by atoms with Gasteiger partial charge < -0.3 is 10.6 Å². The number of hydrogen-bond acceptors (Lipinski definition) is 2. The van der Waals surface area contributed by atoms with Gasteiger partial charge in [0.05, 0.1) is 10.7 Å². The molecule has 2 N–H and O–H groups in total. The molecule has 0 saturated carbocycles. The van der Waals surface area contributed by atoms with Crippen LogP contribution in [0.25, 0.3) is 0 Å². The fourth-order valence-corrected chi connectivity index (χ4v) is 2.91. The Morgan fingerprint density at radius 1 is 1.53 bits per heavy atom. The van der Waals surface area contributed by atoms with Crippen LogP contribution in [0.15, 0.2) is 18.2 Å². The minimum atomic E-state index is 0.0436. The second kappa shape index (κ2) is 5.28. The molecule has 1 heterocycles. The fraction of sp³-hybridized carbons (Fsp3) is 0.571. The van der Waals surface area contributed by atoms with Crippen LogP contribution in [0, 0.1) is 0 Å². The predicted molar refractivity (Wildman–Crippen MR) is 74.7 cm³/mol. The van der Waals surface area contributed by atoms with Crippen LogP contribution in [-0.2, 0) is 0 Å². The largest absolute Gasteiger partial charge is 0.367 e. The minimum absolute atomic E-state index is 0.0436. The summed E-state index contributed by atoms with van der Waals surface area (Å²) < 4.78 is 0. The summed E-state index contributed by atoms with van der Waals surface area (Å²) in [5.41, 5.74) is 8.14. The average Bonchev–Trinajstić information content (AvgIpc) is 2.76. The van der Waals surface area contributed by atoms with Gasteiger partial charge in [-0.05, 0) is 43.9 Å². The molecule has 3 heteroatoms. The van der Waals surface area contributed by atoms with Crippen molar-refractivity contribution in [3.05, 3.63) is 28.8 Å². The SMILES string of the molecule is CCC1CCCN1c1ccc([C@@H](C)N)cc1Cl. The second-order valence-corrected chi connectivity index (χ2v) is 5.30. The zero-order valence-electron chi connectivity index (χ0n) is 10.6. The number of nitrogens with two attached hydrogens (primary N) is 1. The number of rotatable bonds is 3. The third kappa shape index (κ3) is 2.58. The quantitative estimate of drug-likeness (QED) is 0.888. The zero-order valence-corrected chi connectivity index (χ0v) is 11.4. The summed E-state index contributed by atoms with van der Waals surface area (Å²) in [6.45, 7) is 5.35. The summed E-state index contributed by atoms with van der Waals surface area (Å²) in [4.78, 5) is 2.44. The third-order valence-electron chi connectivity index (χ3n) is 3.66. The highest BCUT2D eigenvalue weighted by Gasteiger charge is 2.24. The molecule has 17 heavy (non-hydrogen) atoms. The molecule has 2 rings (SSSR count). The van der Waals surface area contributed by atoms with Gasteiger partial charge in [-0.2, -0.15) is 0 Å². The first-order valence-corrected chi connectivity index (χ1v) is 6.83. The Bertz CT molecular complexity index is 390. The van der Waals surface area contributed by atoms with Crippen LogP contribution in [0.1, 0.15) is 44.7 Å². The van der Waals surface area contributed by atoms with E-state index >= 15 is 0 Å². The van der Waals surface area contributed by atoms with E-state index in [1.54, 1.807) is 0 Å². The van der Waals surface area contributed by atoms with Gasteiger partial charge in [-0.15, -0.1) is 0 Å².